The number of thiophene rings is 1. The summed E-state index contributed by atoms with van der Waals surface area (Å²) in [7, 11) is 0. The van der Waals surface area contributed by atoms with Crippen LogP contribution in [0.4, 0.5) is 0 Å². The first-order valence-corrected chi connectivity index (χ1v) is 6.94. The monoisotopic (exact) mass is 240 g/mol. The Morgan fingerprint density at radius 3 is 2.81 bits per heavy atom. The molecule has 0 N–H and O–H groups in total. The van der Waals surface area contributed by atoms with Crippen LogP contribution < -0.4 is 0 Å². The molecule has 0 aromatic carbocycles. The van der Waals surface area contributed by atoms with Gasteiger partial charge < -0.3 is 4.74 Å². The zero-order chi connectivity index (χ0) is 11.6. The molecular formula is C13H20O2S. The third kappa shape index (κ3) is 5.91. The predicted molar refractivity (Wildman–Crippen MR) is 67.7 cm³/mol. The van der Waals surface area contributed by atoms with E-state index in [0.717, 1.165) is 12.8 Å². The maximum Gasteiger partial charge on any atom is 0.305 e. The SMILES string of the molecule is CCOC(=O)CCCCCCc1ccsc1. The van der Waals surface area contributed by atoms with Gasteiger partial charge in [-0.3, -0.25) is 4.79 Å². The van der Waals surface area contributed by atoms with E-state index in [1.807, 2.05) is 6.92 Å². The molecule has 0 aliphatic rings. The Balaban J connectivity index is 1.90. The second kappa shape index (κ2) is 8.34. The number of carbonyl (C=O) groups is 1. The van der Waals surface area contributed by atoms with Gasteiger partial charge in [-0.05, 0) is 48.6 Å². The molecule has 0 spiro atoms. The predicted octanol–water partition coefficient (Wildman–Crippen LogP) is 3.80. The number of unbranched alkanes of at least 4 members (excludes halogenated alkanes) is 3. The molecule has 0 saturated heterocycles. The molecule has 0 radical (unpaired) electrons. The number of ether oxygens (including phenoxy) is 1. The van der Waals surface area contributed by atoms with Crippen molar-refractivity contribution in [3.05, 3.63) is 22.4 Å². The van der Waals surface area contributed by atoms with E-state index >= 15 is 0 Å². The fourth-order valence-corrected chi connectivity index (χ4v) is 2.32. The van der Waals surface area contributed by atoms with E-state index in [2.05, 4.69) is 16.8 Å². The lowest BCUT2D eigenvalue weighted by Crippen LogP contribution is -2.03. The molecule has 0 fully saturated rings. The summed E-state index contributed by atoms with van der Waals surface area (Å²) in [5.41, 5.74) is 1.44. The summed E-state index contributed by atoms with van der Waals surface area (Å²) in [6, 6.07) is 2.18. The molecule has 1 aromatic heterocycles. The summed E-state index contributed by atoms with van der Waals surface area (Å²) in [6.45, 7) is 2.34. The van der Waals surface area contributed by atoms with Crippen LogP contribution >= 0.6 is 11.3 Å². The van der Waals surface area contributed by atoms with Crippen molar-refractivity contribution in [2.24, 2.45) is 0 Å². The topological polar surface area (TPSA) is 26.3 Å². The molecule has 0 aliphatic heterocycles. The number of esters is 1. The molecule has 90 valence electrons. The van der Waals surface area contributed by atoms with Gasteiger partial charge in [-0.1, -0.05) is 12.8 Å². The highest BCUT2D eigenvalue weighted by molar-refractivity contribution is 7.07. The maximum atomic E-state index is 11.0. The minimum Gasteiger partial charge on any atom is -0.466 e. The Labute approximate surface area is 102 Å². The average molecular weight is 240 g/mol. The Bertz CT molecular complexity index is 280. The molecule has 0 atom stereocenters. The maximum absolute atomic E-state index is 11.0. The zero-order valence-electron chi connectivity index (χ0n) is 9.91. The summed E-state index contributed by atoms with van der Waals surface area (Å²) < 4.78 is 4.87. The molecule has 0 saturated carbocycles. The molecular weight excluding hydrogens is 220 g/mol. The molecule has 16 heavy (non-hydrogen) atoms. The second-order valence-corrected chi connectivity index (χ2v) is 4.63. The van der Waals surface area contributed by atoms with Crippen molar-refractivity contribution in [3.63, 3.8) is 0 Å². The summed E-state index contributed by atoms with van der Waals surface area (Å²) in [5.74, 6) is -0.0552. The zero-order valence-corrected chi connectivity index (χ0v) is 10.7. The highest BCUT2D eigenvalue weighted by Crippen LogP contribution is 2.11. The standard InChI is InChI=1S/C13H20O2S/c1-2-15-13(14)8-6-4-3-5-7-12-9-10-16-11-12/h9-11H,2-8H2,1H3. The molecule has 0 bridgehead atoms. The van der Waals surface area contributed by atoms with E-state index in [1.54, 1.807) is 11.3 Å². The average Bonchev–Trinajstić information content (AvgIpc) is 2.76. The van der Waals surface area contributed by atoms with Crippen molar-refractivity contribution in [2.45, 2.75) is 45.4 Å². The fourth-order valence-electron chi connectivity index (χ4n) is 1.62. The third-order valence-electron chi connectivity index (χ3n) is 2.48. The van der Waals surface area contributed by atoms with Crippen LogP contribution in [0.5, 0.6) is 0 Å². The Kier molecular flexibility index (Phi) is 6.90. The first-order valence-electron chi connectivity index (χ1n) is 5.99. The summed E-state index contributed by atoms with van der Waals surface area (Å²) in [5, 5.41) is 4.33. The van der Waals surface area contributed by atoms with Gasteiger partial charge >= 0.3 is 5.97 Å². The molecule has 2 nitrogen and oxygen atoms in total. The van der Waals surface area contributed by atoms with Crippen LogP contribution in [0.1, 0.15) is 44.6 Å². The van der Waals surface area contributed by atoms with Gasteiger partial charge in [-0.2, -0.15) is 11.3 Å². The first kappa shape index (κ1) is 13.2. The summed E-state index contributed by atoms with van der Waals surface area (Å²) >= 11 is 1.76. The molecule has 3 heteroatoms. The van der Waals surface area contributed by atoms with E-state index in [4.69, 9.17) is 4.74 Å². The van der Waals surface area contributed by atoms with Gasteiger partial charge in [0.15, 0.2) is 0 Å². The van der Waals surface area contributed by atoms with Crippen LogP contribution in [0.2, 0.25) is 0 Å². The minimum atomic E-state index is -0.0552. The van der Waals surface area contributed by atoms with Crippen molar-refractivity contribution in [3.8, 4) is 0 Å². The Hall–Kier alpha value is -0.830. The highest BCUT2D eigenvalue weighted by atomic mass is 32.1. The summed E-state index contributed by atoms with van der Waals surface area (Å²) in [4.78, 5) is 11.0. The first-order chi connectivity index (χ1) is 7.83. The lowest BCUT2D eigenvalue weighted by atomic mass is 10.1. The molecule has 0 unspecified atom stereocenters. The van der Waals surface area contributed by atoms with E-state index in [0.29, 0.717) is 13.0 Å². The number of carbonyl (C=O) groups excluding carboxylic acids is 1. The second-order valence-electron chi connectivity index (χ2n) is 3.85. The Morgan fingerprint density at radius 2 is 2.12 bits per heavy atom. The van der Waals surface area contributed by atoms with Gasteiger partial charge in [0.05, 0.1) is 6.61 Å². The van der Waals surface area contributed by atoms with Crippen molar-refractivity contribution in [2.75, 3.05) is 6.61 Å². The van der Waals surface area contributed by atoms with E-state index in [1.165, 1.54) is 24.8 Å². The number of aryl methyl sites for hydroxylation is 1. The lowest BCUT2D eigenvalue weighted by molar-refractivity contribution is -0.143. The summed E-state index contributed by atoms with van der Waals surface area (Å²) in [6.07, 6.45) is 6.26. The van der Waals surface area contributed by atoms with Crippen LogP contribution in [0.3, 0.4) is 0 Å². The van der Waals surface area contributed by atoms with Gasteiger partial charge in [0, 0.05) is 6.42 Å². The number of rotatable bonds is 8. The van der Waals surface area contributed by atoms with Gasteiger partial charge in [0.2, 0.25) is 0 Å². The lowest BCUT2D eigenvalue weighted by Gasteiger charge is -2.01. The van der Waals surface area contributed by atoms with Crippen molar-refractivity contribution in [1.82, 2.24) is 0 Å². The number of hydrogen-bond acceptors (Lipinski definition) is 3. The van der Waals surface area contributed by atoms with Gasteiger partial charge in [0.1, 0.15) is 0 Å². The van der Waals surface area contributed by atoms with Crippen LogP contribution in [0.15, 0.2) is 16.8 Å². The van der Waals surface area contributed by atoms with Crippen molar-refractivity contribution >= 4 is 17.3 Å². The van der Waals surface area contributed by atoms with Gasteiger partial charge in [-0.15, -0.1) is 0 Å². The number of hydrogen-bond donors (Lipinski definition) is 0. The Morgan fingerprint density at radius 1 is 1.31 bits per heavy atom. The van der Waals surface area contributed by atoms with Gasteiger partial charge in [0.25, 0.3) is 0 Å². The normalized spacial score (nSPS) is 10.3. The van der Waals surface area contributed by atoms with E-state index < -0.39 is 0 Å². The fraction of sp³-hybridized carbons (Fsp3) is 0.615. The van der Waals surface area contributed by atoms with E-state index in [-0.39, 0.29) is 5.97 Å². The molecule has 1 aromatic rings. The van der Waals surface area contributed by atoms with Gasteiger partial charge in [-0.25, -0.2) is 0 Å². The van der Waals surface area contributed by atoms with E-state index in [9.17, 15) is 4.79 Å². The van der Waals surface area contributed by atoms with Crippen molar-refractivity contribution in [1.29, 1.82) is 0 Å². The smallest absolute Gasteiger partial charge is 0.305 e. The minimum absolute atomic E-state index is 0.0552. The quantitative estimate of drug-likeness (QED) is 0.510. The molecule has 0 amide bonds. The van der Waals surface area contributed by atoms with Crippen LogP contribution in [-0.4, -0.2) is 12.6 Å². The molecule has 1 heterocycles. The highest BCUT2D eigenvalue weighted by Gasteiger charge is 2.00. The largest absolute Gasteiger partial charge is 0.466 e. The van der Waals surface area contributed by atoms with Crippen LogP contribution in [0, 0.1) is 0 Å². The van der Waals surface area contributed by atoms with Crippen LogP contribution in [-0.2, 0) is 16.0 Å². The third-order valence-corrected chi connectivity index (χ3v) is 3.21. The molecule has 1 rings (SSSR count). The van der Waals surface area contributed by atoms with Crippen LogP contribution in [0.25, 0.3) is 0 Å². The van der Waals surface area contributed by atoms with Crippen molar-refractivity contribution < 1.29 is 9.53 Å². The molecule has 0 aliphatic carbocycles.